The van der Waals surface area contributed by atoms with Gasteiger partial charge in [-0.15, -0.1) is 6.58 Å². The summed E-state index contributed by atoms with van der Waals surface area (Å²) in [6.45, 7) is 6.13. The minimum atomic E-state index is -3.56. The Morgan fingerprint density at radius 1 is 1.42 bits per heavy atom. The molecule has 0 fully saturated rings. The summed E-state index contributed by atoms with van der Waals surface area (Å²) in [7, 11) is -2.16. The number of hydrogen-bond donors (Lipinski definition) is 2. The van der Waals surface area contributed by atoms with Crippen LogP contribution in [0, 0.1) is 0 Å². The molecule has 7 nitrogen and oxygen atoms in total. The zero-order valence-electron chi connectivity index (χ0n) is 14.9. The van der Waals surface area contributed by atoms with E-state index >= 15 is 0 Å². The zero-order chi connectivity index (χ0) is 19.3. The van der Waals surface area contributed by atoms with Crippen molar-refractivity contribution in [3.05, 3.63) is 54.4 Å². The molecule has 0 radical (unpaired) electrons. The summed E-state index contributed by atoms with van der Waals surface area (Å²) < 4.78 is 31.5. The number of nitrogens with two attached hydrogens (primary N) is 1. The third kappa shape index (κ3) is 4.08. The van der Waals surface area contributed by atoms with E-state index in [1.165, 1.54) is 26.2 Å². The van der Waals surface area contributed by atoms with Crippen LogP contribution in [0.2, 0.25) is 0 Å². The van der Waals surface area contributed by atoms with Crippen molar-refractivity contribution in [3.63, 3.8) is 0 Å². The number of methoxy groups -OCH3 is 1. The number of aromatic nitrogens is 1. The lowest BCUT2D eigenvalue weighted by Crippen LogP contribution is -2.25. The van der Waals surface area contributed by atoms with Crippen molar-refractivity contribution < 1.29 is 17.9 Å². The first kappa shape index (κ1) is 19.6. The Labute approximate surface area is 153 Å². The number of hydrogen-bond acceptors (Lipinski definition) is 5. The van der Waals surface area contributed by atoms with E-state index in [4.69, 9.17) is 10.5 Å². The number of ether oxygens (including phenoxy) is 1. The van der Waals surface area contributed by atoms with E-state index in [9.17, 15) is 13.2 Å². The molecule has 0 aliphatic heterocycles. The molecule has 26 heavy (non-hydrogen) atoms. The summed E-state index contributed by atoms with van der Waals surface area (Å²) >= 11 is 0. The molecule has 0 aliphatic rings. The molecule has 2 rings (SSSR count). The lowest BCUT2D eigenvalue weighted by molar-refractivity contribution is 0.0947. The maximum absolute atomic E-state index is 12.6. The third-order valence-electron chi connectivity index (χ3n) is 3.97. The first-order chi connectivity index (χ1) is 12.3. The summed E-state index contributed by atoms with van der Waals surface area (Å²) in [5.41, 5.74) is 6.90. The molecule has 2 aromatic rings. The highest BCUT2D eigenvalue weighted by atomic mass is 32.2. The average molecular weight is 377 g/mol. The second-order valence-electron chi connectivity index (χ2n) is 5.62. The molecule has 1 amide bonds. The van der Waals surface area contributed by atoms with Gasteiger partial charge in [-0.3, -0.25) is 4.79 Å². The number of amides is 1. The average Bonchev–Trinajstić information content (AvgIpc) is 3.06. The van der Waals surface area contributed by atoms with Crippen LogP contribution in [0.5, 0.6) is 5.75 Å². The standard InChI is InChI=1S/C18H23N3O4S/c1-4-8-21-9-6-7-13(21)12-20-18(22)14-10-17(26(23,24)5-2)15(19)11-16(14)25-3/h4,6-7,9-11H,1,5,8,12,19H2,2-3H3,(H,20,22). The van der Waals surface area contributed by atoms with Gasteiger partial charge in [-0.1, -0.05) is 13.0 Å². The second kappa shape index (κ2) is 8.09. The van der Waals surface area contributed by atoms with Crippen molar-refractivity contribution in [1.29, 1.82) is 0 Å². The highest BCUT2D eigenvalue weighted by molar-refractivity contribution is 7.91. The van der Waals surface area contributed by atoms with Crippen LogP contribution in [0.1, 0.15) is 23.0 Å². The molecule has 1 aromatic carbocycles. The molecular formula is C18H23N3O4S. The van der Waals surface area contributed by atoms with Crippen molar-refractivity contribution in [1.82, 2.24) is 9.88 Å². The van der Waals surface area contributed by atoms with Gasteiger partial charge in [0, 0.05) is 24.5 Å². The van der Waals surface area contributed by atoms with E-state index in [1.54, 1.807) is 6.08 Å². The fraction of sp³-hybridized carbons (Fsp3) is 0.278. The Morgan fingerprint density at radius 3 is 2.77 bits per heavy atom. The van der Waals surface area contributed by atoms with Crippen molar-refractivity contribution in [2.75, 3.05) is 18.6 Å². The number of allylic oxidation sites excluding steroid dienone is 1. The Balaban J connectivity index is 2.31. The maximum Gasteiger partial charge on any atom is 0.255 e. The largest absolute Gasteiger partial charge is 0.496 e. The van der Waals surface area contributed by atoms with E-state index in [-0.39, 0.29) is 34.2 Å². The summed E-state index contributed by atoms with van der Waals surface area (Å²) in [5.74, 6) is -0.336. The maximum atomic E-state index is 12.6. The number of carbonyl (C=O) groups excluding carboxylic acids is 1. The monoisotopic (exact) mass is 377 g/mol. The van der Waals surface area contributed by atoms with Gasteiger partial charge >= 0.3 is 0 Å². The highest BCUT2D eigenvalue weighted by Gasteiger charge is 2.22. The van der Waals surface area contributed by atoms with Crippen molar-refractivity contribution in [2.24, 2.45) is 0 Å². The fourth-order valence-corrected chi connectivity index (χ4v) is 3.57. The number of benzene rings is 1. The van der Waals surface area contributed by atoms with E-state index in [0.717, 1.165) is 5.69 Å². The number of carbonyl (C=O) groups is 1. The molecule has 0 bridgehead atoms. The van der Waals surface area contributed by atoms with Crippen molar-refractivity contribution in [2.45, 2.75) is 24.9 Å². The molecule has 0 atom stereocenters. The van der Waals surface area contributed by atoms with Gasteiger partial charge in [0.1, 0.15) is 5.75 Å². The Bertz CT molecular complexity index is 917. The molecule has 0 aliphatic carbocycles. The predicted octanol–water partition coefficient (Wildman–Crippen LogP) is 1.99. The van der Waals surface area contributed by atoms with Gasteiger partial charge in [0.2, 0.25) is 0 Å². The van der Waals surface area contributed by atoms with Crippen LogP contribution in [0.3, 0.4) is 0 Å². The highest BCUT2D eigenvalue weighted by Crippen LogP contribution is 2.29. The molecule has 0 unspecified atom stereocenters. The molecule has 0 saturated carbocycles. The van der Waals surface area contributed by atoms with Crippen LogP contribution in [-0.2, 0) is 22.9 Å². The lowest BCUT2D eigenvalue weighted by atomic mass is 10.1. The number of rotatable bonds is 8. The molecule has 1 aromatic heterocycles. The Hall–Kier alpha value is -2.74. The lowest BCUT2D eigenvalue weighted by Gasteiger charge is -2.14. The van der Waals surface area contributed by atoms with Crippen LogP contribution in [0.25, 0.3) is 0 Å². The van der Waals surface area contributed by atoms with E-state index < -0.39 is 15.7 Å². The van der Waals surface area contributed by atoms with Gasteiger partial charge < -0.3 is 20.4 Å². The van der Waals surface area contributed by atoms with Gasteiger partial charge in [-0.25, -0.2) is 8.42 Å². The van der Waals surface area contributed by atoms with Crippen LogP contribution >= 0.6 is 0 Å². The number of sulfone groups is 1. The number of nitrogen functional groups attached to an aromatic ring is 1. The quantitative estimate of drug-likeness (QED) is 0.541. The number of nitrogens with one attached hydrogen (secondary N) is 1. The molecule has 8 heteroatoms. The van der Waals surface area contributed by atoms with Crippen LogP contribution in [0.4, 0.5) is 5.69 Å². The third-order valence-corrected chi connectivity index (χ3v) is 5.75. The van der Waals surface area contributed by atoms with Crippen LogP contribution in [-0.4, -0.2) is 31.8 Å². The molecule has 0 saturated heterocycles. The minimum Gasteiger partial charge on any atom is -0.496 e. The first-order valence-corrected chi connectivity index (χ1v) is 9.72. The molecule has 3 N–H and O–H groups in total. The van der Waals surface area contributed by atoms with Gasteiger partial charge in [0.05, 0.1) is 35.6 Å². The summed E-state index contributed by atoms with van der Waals surface area (Å²) in [4.78, 5) is 12.5. The molecular weight excluding hydrogens is 354 g/mol. The van der Waals surface area contributed by atoms with Crippen LogP contribution in [0.15, 0.2) is 48.0 Å². The Morgan fingerprint density at radius 2 is 2.15 bits per heavy atom. The summed E-state index contributed by atoms with van der Waals surface area (Å²) in [6, 6.07) is 6.39. The zero-order valence-corrected chi connectivity index (χ0v) is 15.7. The van der Waals surface area contributed by atoms with Gasteiger partial charge in [0.15, 0.2) is 9.84 Å². The molecule has 0 spiro atoms. The van der Waals surface area contributed by atoms with Gasteiger partial charge in [-0.05, 0) is 18.2 Å². The van der Waals surface area contributed by atoms with Crippen molar-refractivity contribution >= 4 is 21.4 Å². The van der Waals surface area contributed by atoms with E-state index in [1.807, 2.05) is 22.9 Å². The molecule has 1 heterocycles. The predicted molar refractivity (Wildman–Crippen MR) is 101 cm³/mol. The molecule has 140 valence electrons. The minimum absolute atomic E-state index is 0.0557. The topological polar surface area (TPSA) is 103 Å². The first-order valence-electron chi connectivity index (χ1n) is 8.07. The number of anilines is 1. The van der Waals surface area contributed by atoms with E-state index in [0.29, 0.717) is 6.54 Å². The van der Waals surface area contributed by atoms with E-state index in [2.05, 4.69) is 11.9 Å². The number of nitrogens with zero attached hydrogens (tertiary/aromatic N) is 1. The van der Waals surface area contributed by atoms with Gasteiger partial charge in [0.25, 0.3) is 5.91 Å². The summed E-state index contributed by atoms with van der Waals surface area (Å²) in [6.07, 6.45) is 3.65. The SMILES string of the molecule is C=CCn1cccc1CNC(=O)c1cc(S(=O)(=O)CC)c(N)cc1OC. The Kier molecular flexibility index (Phi) is 6.10. The second-order valence-corrected chi connectivity index (χ2v) is 7.86. The normalized spacial score (nSPS) is 11.2. The van der Waals surface area contributed by atoms with Crippen molar-refractivity contribution in [3.8, 4) is 5.75 Å². The smallest absolute Gasteiger partial charge is 0.255 e. The van der Waals surface area contributed by atoms with Crippen LogP contribution < -0.4 is 15.8 Å². The van der Waals surface area contributed by atoms with Gasteiger partial charge in [-0.2, -0.15) is 0 Å². The fourth-order valence-electron chi connectivity index (χ4n) is 2.54. The summed E-state index contributed by atoms with van der Waals surface area (Å²) in [5, 5.41) is 2.78.